The van der Waals surface area contributed by atoms with Gasteiger partial charge >= 0.3 is 0 Å². The van der Waals surface area contributed by atoms with Crippen LogP contribution >= 0.6 is 0 Å². The van der Waals surface area contributed by atoms with Gasteiger partial charge in [0.25, 0.3) is 0 Å². The average molecular weight is 325 g/mol. The van der Waals surface area contributed by atoms with Crippen LogP contribution in [0.15, 0.2) is 30.3 Å². The molecule has 0 unspecified atom stereocenters. The highest BCUT2D eigenvalue weighted by atomic mass is 19.2. The van der Waals surface area contributed by atoms with Crippen LogP contribution in [-0.4, -0.2) is 10.5 Å². The fourth-order valence-electron chi connectivity index (χ4n) is 2.51. The normalized spacial score (nSPS) is 11.2. The third-order valence-corrected chi connectivity index (χ3v) is 3.49. The van der Waals surface area contributed by atoms with E-state index in [1.54, 1.807) is 18.2 Å². The number of rotatable bonds is 1. The van der Waals surface area contributed by atoms with Gasteiger partial charge in [0.05, 0.1) is 16.8 Å². The molecule has 23 heavy (non-hydrogen) atoms. The van der Waals surface area contributed by atoms with E-state index in [-0.39, 0.29) is 0 Å². The SMILES string of the molecule is CC(=O)n1c(-c2c(F)c(F)c(F)c(F)c2F)cc2ccccc21. The number of carbonyl (C=O) groups excluding carboxylic acids is 1. The first-order valence-electron chi connectivity index (χ1n) is 6.47. The van der Waals surface area contributed by atoms with Crippen LogP contribution in [0.1, 0.15) is 11.7 Å². The van der Waals surface area contributed by atoms with Crippen molar-refractivity contribution in [2.45, 2.75) is 6.92 Å². The molecule has 0 N–H and O–H groups in total. The molecule has 0 aliphatic heterocycles. The fraction of sp³-hybridized carbons (Fsp3) is 0.0625. The molecule has 0 aliphatic carbocycles. The molecule has 0 bridgehead atoms. The molecule has 0 amide bonds. The Morgan fingerprint density at radius 3 is 1.96 bits per heavy atom. The Hall–Kier alpha value is -2.70. The molecule has 2 nitrogen and oxygen atoms in total. The summed E-state index contributed by atoms with van der Waals surface area (Å²) in [4.78, 5) is 11.8. The van der Waals surface area contributed by atoms with Crippen molar-refractivity contribution in [1.82, 2.24) is 4.57 Å². The minimum atomic E-state index is -2.24. The molecular formula is C16H8F5NO. The topological polar surface area (TPSA) is 22.0 Å². The Morgan fingerprint density at radius 1 is 0.870 bits per heavy atom. The minimum absolute atomic E-state index is 0.305. The van der Waals surface area contributed by atoms with Crippen LogP contribution < -0.4 is 0 Å². The van der Waals surface area contributed by atoms with E-state index in [9.17, 15) is 26.7 Å². The molecule has 3 aromatic rings. The molecule has 1 heterocycles. The van der Waals surface area contributed by atoms with Crippen molar-refractivity contribution in [1.29, 1.82) is 0 Å². The second-order valence-electron chi connectivity index (χ2n) is 4.89. The van der Waals surface area contributed by atoms with Gasteiger partial charge in [-0.25, -0.2) is 22.0 Å². The van der Waals surface area contributed by atoms with Crippen molar-refractivity contribution in [3.8, 4) is 11.3 Å². The molecule has 0 saturated heterocycles. The summed E-state index contributed by atoms with van der Waals surface area (Å²) in [5, 5.41) is 0.432. The van der Waals surface area contributed by atoms with Crippen molar-refractivity contribution >= 4 is 16.8 Å². The van der Waals surface area contributed by atoms with Gasteiger partial charge in [0.1, 0.15) is 0 Å². The number of nitrogens with zero attached hydrogens (tertiary/aromatic N) is 1. The highest BCUT2D eigenvalue weighted by Crippen LogP contribution is 2.35. The zero-order valence-electron chi connectivity index (χ0n) is 11.6. The lowest BCUT2D eigenvalue weighted by Crippen LogP contribution is -2.11. The maximum absolute atomic E-state index is 14.0. The van der Waals surface area contributed by atoms with Crippen molar-refractivity contribution in [2.75, 3.05) is 0 Å². The van der Waals surface area contributed by atoms with Gasteiger partial charge in [0, 0.05) is 12.3 Å². The summed E-state index contributed by atoms with van der Waals surface area (Å²) in [7, 11) is 0. The highest BCUT2D eigenvalue weighted by Gasteiger charge is 2.29. The molecule has 0 aliphatic rings. The Morgan fingerprint density at radius 2 is 1.39 bits per heavy atom. The Kier molecular flexibility index (Phi) is 3.43. The summed E-state index contributed by atoms with van der Waals surface area (Å²) in [6.45, 7) is 1.13. The van der Waals surface area contributed by atoms with Crippen molar-refractivity contribution in [2.24, 2.45) is 0 Å². The average Bonchev–Trinajstić information content (AvgIpc) is 2.90. The molecule has 0 fully saturated rings. The number of carbonyl (C=O) groups is 1. The quantitative estimate of drug-likeness (QED) is 0.362. The maximum atomic E-state index is 14.0. The van der Waals surface area contributed by atoms with E-state index in [1.165, 1.54) is 12.1 Å². The summed E-state index contributed by atoms with van der Waals surface area (Å²) in [6, 6.07) is 7.48. The second kappa shape index (κ2) is 5.19. The Bertz CT molecular complexity index is 932. The van der Waals surface area contributed by atoms with Gasteiger partial charge in [0.2, 0.25) is 11.7 Å². The van der Waals surface area contributed by atoms with Gasteiger partial charge in [-0.15, -0.1) is 0 Å². The van der Waals surface area contributed by atoms with E-state index in [0.29, 0.717) is 10.9 Å². The lowest BCUT2D eigenvalue weighted by atomic mass is 10.1. The predicted molar refractivity (Wildman–Crippen MR) is 73.5 cm³/mol. The third-order valence-electron chi connectivity index (χ3n) is 3.49. The van der Waals surface area contributed by atoms with E-state index in [0.717, 1.165) is 11.5 Å². The van der Waals surface area contributed by atoms with E-state index in [4.69, 9.17) is 0 Å². The van der Waals surface area contributed by atoms with Crippen molar-refractivity contribution < 1.29 is 26.7 Å². The van der Waals surface area contributed by atoms with Crippen LogP contribution in [0.2, 0.25) is 0 Å². The van der Waals surface area contributed by atoms with E-state index >= 15 is 0 Å². The van der Waals surface area contributed by atoms with Crippen LogP contribution in [0.5, 0.6) is 0 Å². The number of hydrogen-bond donors (Lipinski definition) is 0. The van der Waals surface area contributed by atoms with Crippen LogP contribution in [0.3, 0.4) is 0 Å². The van der Waals surface area contributed by atoms with Crippen LogP contribution in [0.25, 0.3) is 22.2 Å². The zero-order valence-corrected chi connectivity index (χ0v) is 11.6. The smallest absolute Gasteiger partial charge is 0.228 e. The van der Waals surface area contributed by atoms with E-state index in [1.807, 2.05) is 0 Å². The van der Waals surface area contributed by atoms with Gasteiger partial charge < -0.3 is 0 Å². The molecule has 0 spiro atoms. The first kappa shape index (κ1) is 15.2. The number of para-hydroxylation sites is 1. The standard InChI is InChI=1S/C16H8F5NO/c1-7(23)22-9-5-3-2-4-8(9)6-10(22)11-12(17)14(19)16(21)15(20)13(11)18/h2-6H,1H3. The molecule has 2 aromatic carbocycles. The molecule has 1 aromatic heterocycles. The lowest BCUT2D eigenvalue weighted by molar-refractivity contribution is 0.0943. The predicted octanol–water partition coefficient (Wildman–Crippen LogP) is 4.66. The van der Waals surface area contributed by atoms with Crippen LogP contribution in [0.4, 0.5) is 22.0 Å². The number of halogens is 5. The lowest BCUT2D eigenvalue weighted by Gasteiger charge is -2.10. The number of fused-ring (bicyclic) bond motifs is 1. The molecule has 0 atom stereocenters. The van der Waals surface area contributed by atoms with E-state index < -0.39 is 46.3 Å². The number of benzene rings is 2. The summed E-state index contributed by atoms with van der Waals surface area (Å²) in [5.41, 5.74) is -1.22. The first-order chi connectivity index (χ1) is 10.8. The van der Waals surface area contributed by atoms with Crippen LogP contribution in [-0.2, 0) is 0 Å². The Labute approximate surface area is 126 Å². The largest absolute Gasteiger partial charge is 0.280 e. The summed E-state index contributed by atoms with van der Waals surface area (Å²) in [5.74, 6) is -10.9. The zero-order chi connectivity index (χ0) is 16.9. The first-order valence-corrected chi connectivity index (χ1v) is 6.47. The van der Waals surface area contributed by atoms with Gasteiger partial charge in [0.15, 0.2) is 23.3 Å². The Balaban J connectivity index is 2.48. The summed E-state index contributed by atoms with van der Waals surface area (Å²) in [6.07, 6.45) is 0. The molecule has 7 heteroatoms. The highest BCUT2D eigenvalue weighted by molar-refractivity contribution is 5.97. The van der Waals surface area contributed by atoms with E-state index in [2.05, 4.69) is 0 Å². The molecule has 0 radical (unpaired) electrons. The van der Waals surface area contributed by atoms with Gasteiger partial charge in [-0.3, -0.25) is 9.36 Å². The molecule has 0 saturated carbocycles. The van der Waals surface area contributed by atoms with Gasteiger partial charge in [-0.1, -0.05) is 18.2 Å². The molecular weight excluding hydrogens is 317 g/mol. The fourth-order valence-corrected chi connectivity index (χ4v) is 2.51. The molecule has 3 rings (SSSR count). The number of hydrogen-bond acceptors (Lipinski definition) is 1. The van der Waals surface area contributed by atoms with Crippen molar-refractivity contribution in [3.63, 3.8) is 0 Å². The van der Waals surface area contributed by atoms with Crippen molar-refractivity contribution in [3.05, 3.63) is 59.4 Å². The van der Waals surface area contributed by atoms with Crippen LogP contribution in [0, 0.1) is 29.1 Å². The third kappa shape index (κ3) is 2.11. The monoisotopic (exact) mass is 325 g/mol. The minimum Gasteiger partial charge on any atom is -0.280 e. The summed E-state index contributed by atoms with van der Waals surface area (Å²) < 4.78 is 69.0. The molecule has 118 valence electrons. The number of aromatic nitrogens is 1. The summed E-state index contributed by atoms with van der Waals surface area (Å²) >= 11 is 0. The second-order valence-corrected chi connectivity index (χ2v) is 4.89. The van der Waals surface area contributed by atoms with Gasteiger partial charge in [-0.2, -0.15) is 0 Å². The van der Waals surface area contributed by atoms with Gasteiger partial charge in [-0.05, 0) is 12.1 Å². The maximum Gasteiger partial charge on any atom is 0.228 e.